The van der Waals surface area contributed by atoms with Crippen molar-refractivity contribution in [2.24, 2.45) is 0 Å². The summed E-state index contributed by atoms with van der Waals surface area (Å²) in [6.45, 7) is 6.46. The molecule has 1 saturated carbocycles. The minimum Gasteiger partial charge on any atom is -0.373 e. The molecular formula is C39H41Cl2N3O6S. The molecule has 2 bridgehead atoms. The summed E-state index contributed by atoms with van der Waals surface area (Å²) in [6, 6.07) is 18.2. The maximum Gasteiger partial charge on any atom is 0.322 e. The first kappa shape index (κ1) is 35.7. The summed E-state index contributed by atoms with van der Waals surface area (Å²) in [5.74, 6) is -0.0618. The van der Waals surface area contributed by atoms with Crippen molar-refractivity contribution in [3.05, 3.63) is 99.2 Å². The van der Waals surface area contributed by atoms with E-state index in [1.54, 1.807) is 60.7 Å². The number of nitrogens with zero attached hydrogens (tertiary/aromatic N) is 2. The van der Waals surface area contributed by atoms with Crippen LogP contribution in [0.15, 0.2) is 76.1 Å². The number of carbonyl (C=O) groups excluding carboxylic acids is 2. The highest BCUT2D eigenvalue weighted by Crippen LogP contribution is 2.46. The second-order valence-corrected chi connectivity index (χ2v) is 17.7. The van der Waals surface area contributed by atoms with Gasteiger partial charge in [0.25, 0.3) is 0 Å². The summed E-state index contributed by atoms with van der Waals surface area (Å²) >= 11 is 13.1. The number of halogens is 2. The van der Waals surface area contributed by atoms with Crippen molar-refractivity contribution in [1.29, 1.82) is 0 Å². The van der Waals surface area contributed by atoms with Gasteiger partial charge >= 0.3 is 6.03 Å². The minimum atomic E-state index is -3.86. The third-order valence-electron chi connectivity index (χ3n) is 10.2. The van der Waals surface area contributed by atoms with Gasteiger partial charge in [-0.05, 0) is 85.9 Å². The highest BCUT2D eigenvalue weighted by atomic mass is 35.5. The number of Topliss-reactive ketones (excluding diaryl/α,β-unsaturated/α-hetero) is 1. The van der Waals surface area contributed by atoms with Gasteiger partial charge in [0.2, 0.25) is 0 Å². The van der Waals surface area contributed by atoms with Crippen LogP contribution >= 0.6 is 23.2 Å². The van der Waals surface area contributed by atoms with Gasteiger partial charge in [-0.2, -0.15) is 0 Å². The number of hydrogen-bond donors (Lipinski definition) is 1. The molecule has 3 aliphatic rings. The molecule has 3 fully saturated rings. The maximum atomic E-state index is 13.6. The van der Waals surface area contributed by atoms with Gasteiger partial charge in [0.15, 0.2) is 15.6 Å². The fraction of sp³-hybridized carbons (Fsp3) is 0.410. The fourth-order valence-electron chi connectivity index (χ4n) is 7.30. The van der Waals surface area contributed by atoms with Crippen molar-refractivity contribution in [2.75, 3.05) is 11.1 Å². The molecule has 9 nitrogen and oxygen atoms in total. The average Bonchev–Trinajstić information content (AvgIpc) is 3.79. The van der Waals surface area contributed by atoms with Gasteiger partial charge in [-0.15, -0.1) is 0 Å². The van der Waals surface area contributed by atoms with Crippen LogP contribution in [0.2, 0.25) is 10.0 Å². The van der Waals surface area contributed by atoms with Crippen molar-refractivity contribution in [1.82, 2.24) is 10.1 Å². The van der Waals surface area contributed by atoms with Crippen molar-refractivity contribution in [3.63, 3.8) is 0 Å². The van der Waals surface area contributed by atoms with E-state index in [4.69, 9.17) is 32.5 Å². The molecule has 2 unspecified atom stereocenters. The number of anilines is 1. The zero-order valence-corrected chi connectivity index (χ0v) is 31.2. The number of fused-ring (bicyclic) bond motifs is 2. The quantitative estimate of drug-likeness (QED) is 0.161. The normalized spacial score (nSPS) is 20.4. The van der Waals surface area contributed by atoms with Gasteiger partial charge in [0.05, 0.1) is 27.7 Å². The van der Waals surface area contributed by atoms with Crippen LogP contribution in [0.5, 0.6) is 0 Å². The molecule has 1 aromatic heterocycles. The topological polar surface area (TPSA) is 119 Å². The van der Waals surface area contributed by atoms with Crippen LogP contribution < -0.4 is 5.32 Å². The molecular weight excluding hydrogens is 709 g/mol. The van der Waals surface area contributed by atoms with Crippen molar-refractivity contribution >= 4 is 50.5 Å². The lowest BCUT2D eigenvalue weighted by molar-refractivity contribution is -0.0158. The Labute approximate surface area is 308 Å². The average molecular weight is 751 g/mol. The molecule has 3 aromatic carbocycles. The first-order chi connectivity index (χ1) is 24.3. The van der Waals surface area contributed by atoms with E-state index in [2.05, 4.69) is 31.2 Å². The Kier molecular flexibility index (Phi) is 9.82. The molecule has 3 heterocycles. The number of amides is 2. The van der Waals surface area contributed by atoms with Gasteiger partial charge in [-0.1, -0.05) is 79.5 Å². The lowest BCUT2D eigenvalue weighted by Gasteiger charge is -2.38. The molecule has 3 atom stereocenters. The van der Waals surface area contributed by atoms with Crippen molar-refractivity contribution in [2.45, 2.75) is 100 Å². The minimum absolute atomic E-state index is 0.00348. The highest BCUT2D eigenvalue weighted by molar-refractivity contribution is 7.92. The third-order valence-corrected chi connectivity index (χ3v) is 12.5. The van der Waals surface area contributed by atoms with Gasteiger partial charge in [0.1, 0.15) is 17.2 Å². The number of nitrogens with one attached hydrogen (secondary N) is 1. The van der Waals surface area contributed by atoms with E-state index in [1.807, 2.05) is 4.90 Å². The molecule has 0 spiro atoms. The number of urea groups is 1. The van der Waals surface area contributed by atoms with Crippen LogP contribution in [0.3, 0.4) is 0 Å². The molecule has 0 radical (unpaired) electrons. The zero-order valence-electron chi connectivity index (χ0n) is 28.8. The summed E-state index contributed by atoms with van der Waals surface area (Å²) in [7, 11) is -3.86. The van der Waals surface area contributed by atoms with Gasteiger partial charge in [-0.3, -0.25) is 4.79 Å². The van der Waals surface area contributed by atoms with Crippen LogP contribution in [-0.4, -0.2) is 54.2 Å². The van der Waals surface area contributed by atoms with Crippen LogP contribution in [-0.2, 0) is 26.6 Å². The second-order valence-electron chi connectivity index (χ2n) is 14.9. The van der Waals surface area contributed by atoms with Gasteiger partial charge in [-0.25, -0.2) is 13.2 Å². The smallest absolute Gasteiger partial charge is 0.322 e. The largest absolute Gasteiger partial charge is 0.373 e. The van der Waals surface area contributed by atoms with E-state index in [1.165, 1.54) is 6.07 Å². The van der Waals surface area contributed by atoms with Crippen LogP contribution in [0.1, 0.15) is 92.5 Å². The Morgan fingerprint density at radius 1 is 0.941 bits per heavy atom. The summed E-state index contributed by atoms with van der Waals surface area (Å²) in [5.41, 5.74) is 3.66. The van der Waals surface area contributed by atoms with E-state index >= 15 is 0 Å². The summed E-state index contributed by atoms with van der Waals surface area (Å²) < 4.78 is 38.5. The number of hydrogen-bond acceptors (Lipinski definition) is 7. The van der Waals surface area contributed by atoms with Gasteiger partial charge in [0, 0.05) is 40.4 Å². The Morgan fingerprint density at radius 2 is 1.59 bits per heavy atom. The first-order valence-electron chi connectivity index (χ1n) is 17.4. The standard InChI is InChI=1S/C39H41Cl2N3O6S/c1-39(2,3)25-12-16-30(17-13-25)51(47,48)22-34(45)24-6-4-7-26(18-24)42-38(46)44-27-14-15-28(44)20-29(19-27)49-21-31-36(43-50-37(31)23-10-11-23)35-32(40)8-5-9-33(35)41/h4-9,12-13,16-18,23,27-29H,10-11,14-15,19-22H2,1-3H3,(H,42,46)/t27-,28?,29?/m0/s1. The molecule has 2 amide bonds. The summed E-state index contributed by atoms with van der Waals surface area (Å²) in [4.78, 5) is 28.8. The van der Waals surface area contributed by atoms with E-state index in [9.17, 15) is 18.0 Å². The molecule has 12 heteroatoms. The molecule has 4 aromatic rings. The lowest BCUT2D eigenvalue weighted by atomic mass is 9.87. The van der Waals surface area contributed by atoms with Gasteiger partial charge < -0.3 is 19.5 Å². The Balaban J connectivity index is 0.980. The number of ketones is 1. The SMILES string of the molecule is CC(C)(C)c1ccc(S(=O)(=O)CC(=O)c2cccc(NC(=O)N3C4CC[C@H]3CC(OCc3c(-c5c(Cl)cccc5Cl)noc3C3CC3)C4)c2)cc1. The van der Waals surface area contributed by atoms with Crippen LogP contribution in [0.4, 0.5) is 10.5 Å². The molecule has 7 rings (SSSR count). The molecule has 1 aliphatic carbocycles. The van der Waals surface area contributed by atoms with E-state index in [-0.39, 0.29) is 40.1 Å². The number of rotatable bonds is 10. The number of sulfone groups is 1. The monoisotopic (exact) mass is 749 g/mol. The number of carbonyl (C=O) groups is 2. The zero-order chi connectivity index (χ0) is 36.1. The second kappa shape index (κ2) is 14.0. The molecule has 1 N–H and O–H groups in total. The molecule has 51 heavy (non-hydrogen) atoms. The number of ether oxygens (including phenoxy) is 1. The first-order valence-corrected chi connectivity index (χ1v) is 19.8. The molecule has 2 saturated heterocycles. The van der Waals surface area contributed by atoms with Crippen molar-refractivity contribution in [3.8, 4) is 11.3 Å². The summed E-state index contributed by atoms with van der Waals surface area (Å²) in [6.07, 6.45) is 5.12. The predicted octanol–water partition coefficient (Wildman–Crippen LogP) is 9.22. The predicted molar refractivity (Wildman–Crippen MR) is 197 cm³/mol. The van der Waals surface area contributed by atoms with E-state index in [0.717, 1.165) is 42.6 Å². The van der Waals surface area contributed by atoms with Crippen LogP contribution in [0.25, 0.3) is 11.3 Å². The Morgan fingerprint density at radius 3 is 2.22 bits per heavy atom. The summed E-state index contributed by atoms with van der Waals surface area (Å²) in [5, 5.41) is 8.32. The van der Waals surface area contributed by atoms with E-state index < -0.39 is 21.4 Å². The molecule has 268 valence electrons. The Bertz CT molecular complexity index is 2040. The molecule has 2 aliphatic heterocycles. The fourth-order valence-corrected chi connectivity index (χ4v) is 9.11. The number of benzene rings is 3. The van der Waals surface area contributed by atoms with Crippen LogP contribution in [0, 0.1) is 0 Å². The Hall–Kier alpha value is -3.70. The highest BCUT2D eigenvalue weighted by Gasteiger charge is 2.44. The van der Waals surface area contributed by atoms with E-state index in [0.29, 0.717) is 52.4 Å². The maximum absolute atomic E-state index is 13.6. The third kappa shape index (κ3) is 7.61. The lowest BCUT2D eigenvalue weighted by Crippen LogP contribution is -2.50. The number of piperidine rings is 1. The van der Waals surface area contributed by atoms with Crippen molar-refractivity contribution < 1.29 is 27.3 Å². The number of aromatic nitrogens is 1.